The molecule has 8 rings (SSSR count). The third kappa shape index (κ3) is 3.90. The third-order valence-electron chi connectivity index (χ3n) is 9.20. The van der Waals surface area contributed by atoms with Crippen molar-refractivity contribution in [2.45, 2.75) is 19.3 Å². The van der Waals surface area contributed by atoms with Gasteiger partial charge in [0.2, 0.25) is 5.69 Å². The number of benzene rings is 6. The number of hydrogen-bond donors (Lipinski definition) is 0. The summed E-state index contributed by atoms with van der Waals surface area (Å²) in [7, 11) is 0. The van der Waals surface area contributed by atoms with Crippen LogP contribution in [0.3, 0.4) is 0 Å². The van der Waals surface area contributed by atoms with E-state index < -0.39 is 0 Å². The average Bonchev–Trinajstić information content (AvgIpc) is 3.41. The van der Waals surface area contributed by atoms with Crippen LogP contribution in [-0.4, -0.2) is 4.57 Å². The number of para-hydroxylation sites is 4. The molecule has 1 aromatic heterocycles. The number of fused-ring (bicyclic) bond motifs is 5. The minimum absolute atomic E-state index is 0.137. The van der Waals surface area contributed by atoms with E-state index in [1.165, 1.54) is 22.5 Å². The Kier molecular flexibility index (Phi) is 5.88. The molecular weight excluding hydrogens is 548 g/mol. The second-order valence-corrected chi connectivity index (χ2v) is 12.0. The van der Waals surface area contributed by atoms with Gasteiger partial charge in [-0.05, 0) is 70.1 Å². The van der Waals surface area contributed by atoms with Crippen molar-refractivity contribution in [3.63, 3.8) is 0 Å². The molecule has 0 saturated carbocycles. The van der Waals surface area contributed by atoms with Crippen LogP contribution in [0.5, 0.6) is 0 Å². The van der Waals surface area contributed by atoms with Crippen LogP contribution in [0.25, 0.3) is 48.3 Å². The second-order valence-electron chi connectivity index (χ2n) is 12.0. The average molecular weight is 577 g/mol. The van der Waals surface area contributed by atoms with Gasteiger partial charge >= 0.3 is 0 Å². The van der Waals surface area contributed by atoms with E-state index in [0.717, 1.165) is 44.3 Å². The normalized spacial score (nSPS) is 13.2. The molecule has 0 fully saturated rings. The van der Waals surface area contributed by atoms with E-state index in [9.17, 15) is 0 Å². The fourth-order valence-corrected chi connectivity index (χ4v) is 7.12. The van der Waals surface area contributed by atoms with Crippen LogP contribution in [0.1, 0.15) is 25.0 Å². The van der Waals surface area contributed by atoms with Crippen molar-refractivity contribution >= 4 is 50.2 Å². The smallest absolute Gasteiger partial charge is 0.211 e. The van der Waals surface area contributed by atoms with Gasteiger partial charge in [0.15, 0.2) is 5.69 Å². The first kappa shape index (κ1) is 26.5. The van der Waals surface area contributed by atoms with Gasteiger partial charge in [0.05, 0.1) is 41.2 Å². The molecule has 0 amide bonds. The highest BCUT2D eigenvalue weighted by Crippen LogP contribution is 2.52. The van der Waals surface area contributed by atoms with Crippen molar-refractivity contribution < 1.29 is 0 Å². The Morgan fingerprint density at radius 2 is 1.24 bits per heavy atom. The Bertz CT molecular complexity index is 2350. The number of rotatable bonds is 3. The van der Waals surface area contributed by atoms with Crippen molar-refractivity contribution in [3.05, 3.63) is 167 Å². The minimum atomic E-state index is -0.137. The van der Waals surface area contributed by atoms with Gasteiger partial charge in [-0.15, -0.1) is 0 Å². The van der Waals surface area contributed by atoms with Crippen LogP contribution >= 0.6 is 0 Å². The molecular formula is C41H28N4. The summed E-state index contributed by atoms with van der Waals surface area (Å²) in [4.78, 5) is 10.1. The SMILES string of the molecule is [C-]#[N+]c1ccc2c(c1)c1ccccc1n2-c1c([N+]#[C-])cccc1-c1cccc(N2c3ccccc3C(C)(C)c3ccccc32)c1. The van der Waals surface area contributed by atoms with Crippen LogP contribution in [0.15, 0.2) is 133 Å². The van der Waals surface area contributed by atoms with Crippen molar-refractivity contribution in [1.82, 2.24) is 4.57 Å². The van der Waals surface area contributed by atoms with E-state index in [-0.39, 0.29) is 5.41 Å². The van der Waals surface area contributed by atoms with Crippen LogP contribution in [0.2, 0.25) is 0 Å². The van der Waals surface area contributed by atoms with Gasteiger partial charge in [-0.2, -0.15) is 0 Å². The highest BCUT2D eigenvalue weighted by atomic mass is 15.2. The summed E-state index contributed by atoms with van der Waals surface area (Å²) in [5, 5.41) is 2.06. The molecule has 2 heterocycles. The van der Waals surface area contributed by atoms with E-state index >= 15 is 0 Å². The first-order valence-corrected chi connectivity index (χ1v) is 15.0. The van der Waals surface area contributed by atoms with Crippen LogP contribution in [0, 0.1) is 13.1 Å². The monoisotopic (exact) mass is 576 g/mol. The Hall–Kier alpha value is -6.10. The molecule has 0 atom stereocenters. The molecule has 6 aromatic carbocycles. The van der Waals surface area contributed by atoms with Gasteiger partial charge in [0.25, 0.3) is 0 Å². The molecule has 1 aliphatic rings. The molecule has 0 bridgehead atoms. The molecule has 4 heteroatoms. The number of anilines is 3. The predicted octanol–water partition coefficient (Wildman–Crippen LogP) is 11.7. The molecule has 0 saturated heterocycles. The zero-order valence-electron chi connectivity index (χ0n) is 25.0. The Balaban J connectivity index is 1.38. The van der Waals surface area contributed by atoms with E-state index in [0.29, 0.717) is 11.4 Å². The highest BCUT2D eigenvalue weighted by molar-refractivity contribution is 6.11. The molecule has 0 radical (unpaired) electrons. The number of hydrogen-bond acceptors (Lipinski definition) is 1. The lowest BCUT2D eigenvalue weighted by Gasteiger charge is -2.42. The maximum absolute atomic E-state index is 8.19. The van der Waals surface area contributed by atoms with Crippen molar-refractivity contribution in [3.8, 4) is 16.8 Å². The Labute approximate surface area is 262 Å². The van der Waals surface area contributed by atoms with Gasteiger partial charge in [-0.25, -0.2) is 9.69 Å². The van der Waals surface area contributed by atoms with E-state index in [4.69, 9.17) is 13.1 Å². The fourth-order valence-electron chi connectivity index (χ4n) is 7.12. The molecule has 1 aliphatic heterocycles. The topological polar surface area (TPSA) is 16.9 Å². The standard InChI is InChI=1S/C41H28N4/c1-41(2)33-17-6-9-21-38(33)44(39-22-10-7-18-34(39)41)29-14-11-13-27(25-29)30-16-12-19-35(43-4)40(30)45-36-20-8-5-15-31(36)32-26-28(42-3)23-24-37(32)45/h5-26H,1-2H3. The molecule has 4 nitrogen and oxygen atoms in total. The first-order valence-electron chi connectivity index (χ1n) is 15.0. The van der Waals surface area contributed by atoms with Gasteiger partial charge in [-0.1, -0.05) is 105 Å². The molecule has 0 aliphatic carbocycles. The molecule has 0 N–H and O–H groups in total. The quantitative estimate of drug-likeness (QED) is 0.191. The molecule has 7 aromatic rings. The summed E-state index contributed by atoms with van der Waals surface area (Å²) in [6.45, 7) is 20.4. The largest absolute Gasteiger partial charge is 0.318 e. The minimum Gasteiger partial charge on any atom is -0.318 e. The van der Waals surface area contributed by atoms with E-state index in [1.54, 1.807) is 0 Å². The summed E-state index contributed by atoms with van der Waals surface area (Å²) >= 11 is 0. The lowest BCUT2D eigenvalue weighted by atomic mass is 9.73. The van der Waals surface area contributed by atoms with Gasteiger partial charge < -0.3 is 9.47 Å². The molecule has 45 heavy (non-hydrogen) atoms. The maximum atomic E-state index is 8.19. The zero-order valence-corrected chi connectivity index (χ0v) is 25.0. The highest BCUT2D eigenvalue weighted by Gasteiger charge is 2.36. The lowest BCUT2D eigenvalue weighted by Crippen LogP contribution is -2.30. The lowest BCUT2D eigenvalue weighted by molar-refractivity contribution is 0.632. The molecule has 212 valence electrons. The zero-order chi connectivity index (χ0) is 30.7. The Morgan fingerprint density at radius 3 is 1.98 bits per heavy atom. The second kappa shape index (κ2) is 9.98. The van der Waals surface area contributed by atoms with Gasteiger partial charge in [-0.3, -0.25) is 0 Å². The third-order valence-corrected chi connectivity index (χ3v) is 9.20. The fraction of sp³-hybridized carbons (Fsp3) is 0.0732. The Morgan fingerprint density at radius 1 is 0.578 bits per heavy atom. The maximum Gasteiger partial charge on any atom is 0.211 e. The summed E-state index contributed by atoms with van der Waals surface area (Å²) in [5.41, 5.74) is 11.8. The number of nitrogens with zero attached hydrogens (tertiary/aromatic N) is 4. The van der Waals surface area contributed by atoms with Crippen LogP contribution in [-0.2, 0) is 5.41 Å². The van der Waals surface area contributed by atoms with E-state index in [2.05, 4.69) is 124 Å². The van der Waals surface area contributed by atoms with Crippen molar-refractivity contribution in [1.29, 1.82) is 0 Å². The predicted molar refractivity (Wildman–Crippen MR) is 186 cm³/mol. The summed E-state index contributed by atoms with van der Waals surface area (Å²) < 4.78 is 2.20. The van der Waals surface area contributed by atoms with Crippen molar-refractivity contribution in [2.24, 2.45) is 0 Å². The summed E-state index contributed by atoms with van der Waals surface area (Å²) in [6, 6.07) is 46.0. The van der Waals surface area contributed by atoms with Crippen LogP contribution < -0.4 is 4.90 Å². The summed E-state index contributed by atoms with van der Waals surface area (Å²) in [5.74, 6) is 0. The molecule has 0 unspecified atom stereocenters. The molecule has 0 spiro atoms. The number of aromatic nitrogens is 1. The van der Waals surface area contributed by atoms with Gasteiger partial charge in [0, 0.05) is 16.5 Å². The van der Waals surface area contributed by atoms with Gasteiger partial charge in [0.1, 0.15) is 0 Å². The van der Waals surface area contributed by atoms with Crippen LogP contribution in [0.4, 0.5) is 28.4 Å². The van der Waals surface area contributed by atoms with Crippen molar-refractivity contribution in [2.75, 3.05) is 4.90 Å². The van der Waals surface area contributed by atoms with E-state index in [1.807, 2.05) is 42.5 Å². The summed E-state index contributed by atoms with van der Waals surface area (Å²) in [6.07, 6.45) is 0. The first-order chi connectivity index (χ1) is 22.0.